The lowest BCUT2D eigenvalue weighted by Crippen LogP contribution is -2.46. The van der Waals surface area contributed by atoms with Gasteiger partial charge in [-0.2, -0.15) is 12.7 Å². The predicted molar refractivity (Wildman–Crippen MR) is 121 cm³/mol. The van der Waals surface area contributed by atoms with E-state index in [1.165, 1.54) is 38.1 Å². The Balaban J connectivity index is 1.78. The van der Waals surface area contributed by atoms with E-state index in [0.29, 0.717) is 5.69 Å². The highest BCUT2D eigenvalue weighted by Gasteiger charge is 2.28. The molecule has 0 spiro atoms. The molecule has 30 heavy (non-hydrogen) atoms. The SMILES string of the molecule is CC[C@@H](NC(=O)CN(c1ccccc1)S(=O)(=O)N(C)C)c1ccc2c(c1)CCCC2. The molecular weight excluding hydrogens is 398 g/mol. The summed E-state index contributed by atoms with van der Waals surface area (Å²) in [7, 11) is -0.874. The second-order valence-corrected chi connectivity index (χ2v) is 9.96. The Hall–Kier alpha value is -2.38. The number of hydrogen-bond donors (Lipinski definition) is 1. The summed E-state index contributed by atoms with van der Waals surface area (Å²) >= 11 is 0. The van der Waals surface area contributed by atoms with Gasteiger partial charge in [0.25, 0.3) is 0 Å². The van der Waals surface area contributed by atoms with Crippen LogP contribution in [0.2, 0.25) is 0 Å². The van der Waals surface area contributed by atoms with Gasteiger partial charge in [-0.05, 0) is 60.9 Å². The number of aryl methyl sites for hydroxylation is 2. The monoisotopic (exact) mass is 429 g/mol. The minimum Gasteiger partial charge on any atom is -0.348 e. The van der Waals surface area contributed by atoms with Crippen molar-refractivity contribution in [2.45, 2.75) is 45.1 Å². The minimum atomic E-state index is -3.80. The largest absolute Gasteiger partial charge is 0.348 e. The van der Waals surface area contributed by atoms with E-state index >= 15 is 0 Å². The molecule has 7 heteroatoms. The van der Waals surface area contributed by atoms with Crippen LogP contribution in [0.1, 0.15) is 48.9 Å². The molecule has 0 saturated heterocycles. The molecule has 6 nitrogen and oxygen atoms in total. The van der Waals surface area contributed by atoms with Crippen molar-refractivity contribution in [1.29, 1.82) is 0 Å². The maximum Gasteiger partial charge on any atom is 0.304 e. The van der Waals surface area contributed by atoms with Gasteiger partial charge in [-0.3, -0.25) is 4.79 Å². The van der Waals surface area contributed by atoms with E-state index in [1.54, 1.807) is 24.3 Å². The fourth-order valence-electron chi connectivity index (χ4n) is 3.86. The van der Waals surface area contributed by atoms with E-state index in [4.69, 9.17) is 0 Å². The Morgan fingerprint density at radius 2 is 1.70 bits per heavy atom. The molecule has 1 amide bonds. The van der Waals surface area contributed by atoms with Crippen molar-refractivity contribution in [2.24, 2.45) is 0 Å². The van der Waals surface area contributed by atoms with E-state index in [-0.39, 0.29) is 18.5 Å². The predicted octanol–water partition coefficient (Wildman–Crippen LogP) is 3.45. The first-order valence-electron chi connectivity index (χ1n) is 10.5. The maximum atomic E-state index is 12.9. The highest BCUT2D eigenvalue weighted by Crippen LogP contribution is 2.26. The zero-order valence-corrected chi connectivity index (χ0v) is 18.8. The molecule has 0 aliphatic heterocycles. The maximum absolute atomic E-state index is 12.9. The lowest BCUT2D eigenvalue weighted by molar-refractivity contribution is -0.120. The first-order valence-corrected chi connectivity index (χ1v) is 11.9. The standard InChI is InChI=1S/C23H31N3O3S/c1-4-22(20-15-14-18-10-8-9-11-19(18)16-20)24-23(27)17-26(30(28,29)25(2)3)21-12-6-5-7-13-21/h5-7,12-16,22H,4,8-11,17H2,1-3H3,(H,24,27)/t22-/m1/s1. The number of rotatable bonds is 8. The number of fused-ring (bicyclic) bond motifs is 1. The molecule has 0 fully saturated rings. The first kappa shape index (κ1) is 22.3. The van der Waals surface area contributed by atoms with E-state index in [1.807, 2.05) is 13.0 Å². The normalized spacial score (nSPS) is 14.8. The number of para-hydroxylation sites is 1. The van der Waals surface area contributed by atoms with E-state index < -0.39 is 10.2 Å². The van der Waals surface area contributed by atoms with E-state index in [9.17, 15) is 13.2 Å². The van der Waals surface area contributed by atoms with Crippen molar-refractivity contribution in [3.05, 3.63) is 65.2 Å². The molecule has 1 aliphatic rings. The van der Waals surface area contributed by atoms with Gasteiger partial charge >= 0.3 is 10.2 Å². The van der Waals surface area contributed by atoms with Crippen LogP contribution in [-0.4, -0.2) is 39.3 Å². The van der Waals surface area contributed by atoms with Crippen LogP contribution in [-0.2, 0) is 27.8 Å². The molecule has 0 radical (unpaired) electrons. The highest BCUT2D eigenvalue weighted by molar-refractivity contribution is 7.90. The van der Waals surface area contributed by atoms with Crippen LogP contribution in [0.4, 0.5) is 5.69 Å². The van der Waals surface area contributed by atoms with E-state index in [0.717, 1.165) is 33.4 Å². The fourth-order valence-corrected chi connectivity index (χ4v) is 4.92. The molecular formula is C23H31N3O3S. The fraction of sp³-hybridized carbons (Fsp3) is 0.435. The second-order valence-electron chi connectivity index (χ2n) is 7.90. The van der Waals surface area contributed by atoms with Gasteiger partial charge in [0.2, 0.25) is 5.91 Å². The number of nitrogens with zero attached hydrogens (tertiary/aromatic N) is 2. The number of anilines is 1. The van der Waals surface area contributed by atoms with Gasteiger partial charge in [-0.1, -0.05) is 43.3 Å². The number of benzene rings is 2. The van der Waals surface area contributed by atoms with E-state index in [2.05, 4.69) is 23.5 Å². The molecule has 1 atom stereocenters. The Bertz CT molecular complexity index is 974. The number of carbonyl (C=O) groups excluding carboxylic acids is 1. The molecule has 0 unspecified atom stereocenters. The summed E-state index contributed by atoms with van der Waals surface area (Å²) in [6.45, 7) is 1.75. The molecule has 0 heterocycles. The minimum absolute atomic E-state index is 0.149. The van der Waals surface area contributed by atoms with Crippen molar-refractivity contribution >= 4 is 21.8 Å². The molecule has 0 aromatic heterocycles. The summed E-state index contributed by atoms with van der Waals surface area (Å²) < 4.78 is 27.9. The third-order valence-electron chi connectivity index (χ3n) is 5.59. The third kappa shape index (κ3) is 5.02. The summed E-state index contributed by atoms with van der Waals surface area (Å²) in [6, 6.07) is 15.0. The van der Waals surface area contributed by atoms with Gasteiger partial charge in [-0.15, -0.1) is 0 Å². The number of carbonyl (C=O) groups is 1. The number of hydrogen-bond acceptors (Lipinski definition) is 3. The first-order chi connectivity index (χ1) is 14.3. The van der Waals surface area contributed by atoms with Crippen LogP contribution in [0, 0.1) is 0 Å². The summed E-state index contributed by atoms with van der Waals surface area (Å²) in [6.07, 6.45) is 5.36. The lowest BCUT2D eigenvalue weighted by Gasteiger charge is -2.28. The molecule has 162 valence electrons. The molecule has 1 N–H and O–H groups in total. The summed E-state index contributed by atoms with van der Waals surface area (Å²) in [5.41, 5.74) is 4.31. The van der Waals surface area contributed by atoms with Crippen LogP contribution in [0.5, 0.6) is 0 Å². The summed E-state index contributed by atoms with van der Waals surface area (Å²) in [5.74, 6) is -0.325. The topological polar surface area (TPSA) is 69.7 Å². The van der Waals surface area contributed by atoms with Crippen molar-refractivity contribution in [2.75, 3.05) is 24.9 Å². The van der Waals surface area contributed by atoms with Crippen molar-refractivity contribution in [1.82, 2.24) is 9.62 Å². The zero-order valence-electron chi connectivity index (χ0n) is 18.0. The van der Waals surface area contributed by atoms with Crippen molar-refractivity contribution in [3.63, 3.8) is 0 Å². The van der Waals surface area contributed by atoms with Gasteiger partial charge in [0.15, 0.2) is 0 Å². The van der Waals surface area contributed by atoms with Crippen molar-refractivity contribution < 1.29 is 13.2 Å². The summed E-state index contributed by atoms with van der Waals surface area (Å²) in [4.78, 5) is 12.9. The molecule has 1 aliphatic carbocycles. The Kier molecular flexibility index (Phi) is 7.15. The van der Waals surface area contributed by atoms with Gasteiger partial charge in [0.1, 0.15) is 6.54 Å². The Labute approximate surface area is 180 Å². The van der Waals surface area contributed by atoms with Crippen LogP contribution < -0.4 is 9.62 Å². The molecule has 0 saturated carbocycles. The quantitative estimate of drug-likeness (QED) is 0.699. The highest BCUT2D eigenvalue weighted by atomic mass is 32.2. The smallest absolute Gasteiger partial charge is 0.304 e. The van der Waals surface area contributed by atoms with Crippen LogP contribution >= 0.6 is 0 Å². The third-order valence-corrected chi connectivity index (χ3v) is 7.41. The Morgan fingerprint density at radius 3 is 2.33 bits per heavy atom. The van der Waals surface area contributed by atoms with Crippen LogP contribution in [0.3, 0.4) is 0 Å². The second kappa shape index (κ2) is 9.62. The average molecular weight is 430 g/mol. The van der Waals surface area contributed by atoms with Gasteiger partial charge in [-0.25, -0.2) is 4.31 Å². The molecule has 3 rings (SSSR count). The number of amides is 1. The summed E-state index contributed by atoms with van der Waals surface area (Å²) in [5, 5.41) is 3.04. The van der Waals surface area contributed by atoms with Crippen LogP contribution in [0.15, 0.2) is 48.5 Å². The van der Waals surface area contributed by atoms with Gasteiger partial charge in [0.05, 0.1) is 11.7 Å². The lowest BCUT2D eigenvalue weighted by atomic mass is 9.89. The molecule has 0 bridgehead atoms. The zero-order chi connectivity index (χ0) is 21.7. The van der Waals surface area contributed by atoms with Crippen molar-refractivity contribution in [3.8, 4) is 0 Å². The Morgan fingerprint density at radius 1 is 1.03 bits per heavy atom. The van der Waals surface area contributed by atoms with Gasteiger partial charge < -0.3 is 5.32 Å². The van der Waals surface area contributed by atoms with Crippen LogP contribution in [0.25, 0.3) is 0 Å². The number of nitrogens with one attached hydrogen (secondary N) is 1. The molecule has 2 aromatic carbocycles. The average Bonchev–Trinajstić information content (AvgIpc) is 2.75. The van der Waals surface area contributed by atoms with Gasteiger partial charge in [0, 0.05) is 14.1 Å². The molecule has 2 aromatic rings.